The van der Waals surface area contributed by atoms with Crippen molar-refractivity contribution in [2.24, 2.45) is 0 Å². The van der Waals surface area contributed by atoms with Gasteiger partial charge in [0.05, 0.1) is 9.79 Å². The average molecular weight is 444 g/mol. The molecule has 0 unspecified atom stereocenters. The van der Waals surface area contributed by atoms with Crippen LogP contribution in [0.2, 0.25) is 0 Å². The summed E-state index contributed by atoms with van der Waals surface area (Å²) in [6, 6.07) is 1.91. The summed E-state index contributed by atoms with van der Waals surface area (Å²) in [4.78, 5) is 10.3. The van der Waals surface area contributed by atoms with Gasteiger partial charge in [-0.3, -0.25) is 4.79 Å². The predicted octanol–water partition coefficient (Wildman–Crippen LogP) is 2.49. The van der Waals surface area contributed by atoms with E-state index in [2.05, 4.69) is 0 Å². The van der Waals surface area contributed by atoms with Gasteiger partial charge < -0.3 is 0 Å². The lowest BCUT2D eigenvalue weighted by molar-refractivity contribution is -0.0885. The van der Waals surface area contributed by atoms with Crippen LogP contribution >= 0.6 is 0 Å². The van der Waals surface area contributed by atoms with Crippen LogP contribution in [0.15, 0.2) is 28.0 Å². The third-order valence-electron chi connectivity index (χ3n) is 4.09. The molecule has 1 aromatic carbocycles. The van der Waals surface area contributed by atoms with E-state index in [1.165, 1.54) is 27.7 Å². The van der Waals surface area contributed by atoms with Crippen molar-refractivity contribution in [3.63, 3.8) is 0 Å². The van der Waals surface area contributed by atoms with Crippen LogP contribution in [0.3, 0.4) is 0 Å². The van der Waals surface area contributed by atoms with Crippen molar-refractivity contribution in [1.82, 2.24) is 8.61 Å². The van der Waals surface area contributed by atoms with Crippen LogP contribution < -0.4 is 0 Å². The third-order valence-corrected chi connectivity index (χ3v) is 8.14. The summed E-state index contributed by atoms with van der Waals surface area (Å²) >= 11 is 0. The first kappa shape index (κ1) is 24.5. The molecule has 0 aliphatic heterocycles. The number of nitrogens with zero attached hydrogens (tertiary/aromatic N) is 2. The number of ketones is 1. The molecular weight excluding hydrogens is 421 g/mol. The largest absolute Gasteiger partial charge is 0.454 e. The molecule has 12 heteroatoms. The van der Waals surface area contributed by atoms with Gasteiger partial charge in [-0.1, -0.05) is 27.7 Å². The van der Waals surface area contributed by atoms with Gasteiger partial charge in [-0.25, -0.2) is 16.8 Å². The molecule has 0 aliphatic carbocycles. The molecule has 0 aliphatic rings. The molecule has 0 heterocycles. The second kappa shape index (κ2) is 8.89. The van der Waals surface area contributed by atoms with Gasteiger partial charge in [-0.05, 0) is 18.2 Å². The van der Waals surface area contributed by atoms with Crippen molar-refractivity contribution < 1.29 is 34.8 Å². The molecule has 0 radical (unpaired) electrons. The molecule has 1 aromatic rings. The fraction of sp³-hybridized carbons (Fsp3) is 0.562. The van der Waals surface area contributed by atoms with E-state index in [1.54, 1.807) is 0 Å². The SMILES string of the molecule is CCN(CC)S(=O)(=O)c1cc(C(=O)C(F)(F)F)cc(S(=O)(=O)N(CC)CC)c1. The zero-order valence-electron chi connectivity index (χ0n) is 15.9. The van der Waals surface area contributed by atoms with Crippen molar-refractivity contribution in [2.75, 3.05) is 26.2 Å². The molecule has 7 nitrogen and oxygen atoms in total. The molecule has 1 rings (SSSR count). The standard InChI is InChI=1S/C16H23F3N2O5S2/c1-5-20(6-2)27(23,24)13-9-12(15(22)16(17,18)19)10-14(11-13)28(25,26)21(7-3)8-4/h9-11H,5-8H2,1-4H3. The van der Waals surface area contributed by atoms with Gasteiger partial charge in [0.25, 0.3) is 5.78 Å². The maximum absolute atomic E-state index is 12.9. The van der Waals surface area contributed by atoms with E-state index in [4.69, 9.17) is 0 Å². The van der Waals surface area contributed by atoms with E-state index < -0.39 is 47.4 Å². The van der Waals surface area contributed by atoms with Crippen LogP contribution in [0.4, 0.5) is 13.2 Å². The molecule has 0 spiro atoms. The van der Waals surface area contributed by atoms with Gasteiger partial charge in [0.1, 0.15) is 0 Å². The highest BCUT2D eigenvalue weighted by Gasteiger charge is 2.41. The first-order valence-electron chi connectivity index (χ1n) is 8.54. The fourth-order valence-electron chi connectivity index (χ4n) is 2.59. The van der Waals surface area contributed by atoms with Crippen molar-refractivity contribution in [3.05, 3.63) is 23.8 Å². The second-order valence-electron chi connectivity index (χ2n) is 5.70. The number of carbonyl (C=O) groups excluding carboxylic acids is 1. The minimum Gasteiger partial charge on any atom is -0.284 e. The number of sulfonamides is 2. The number of benzene rings is 1. The molecule has 0 aromatic heterocycles. The molecule has 0 atom stereocenters. The molecule has 28 heavy (non-hydrogen) atoms. The molecule has 0 amide bonds. The van der Waals surface area contributed by atoms with E-state index in [-0.39, 0.29) is 26.2 Å². The maximum atomic E-state index is 12.9. The van der Waals surface area contributed by atoms with Crippen LogP contribution in [-0.4, -0.2) is 63.6 Å². The van der Waals surface area contributed by atoms with Gasteiger partial charge in [0.2, 0.25) is 20.0 Å². The summed E-state index contributed by atoms with van der Waals surface area (Å²) in [7, 11) is -8.59. The Kier molecular flexibility index (Phi) is 7.79. The minimum absolute atomic E-state index is 0.0222. The van der Waals surface area contributed by atoms with Crippen LogP contribution in [0, 0.1) is 0 Å². The highest BCUT2D eigenvalue weighted by molar-refractivity contribution is 7.90. The first-order valence-corrected chi connectivity index (χ1v) is 11.4. The Bertz CT molecular complexity index is 860. The maximum Gasteiger partial charge on any atom is 0.454 e. The van der Waals surface area contributed by atoms with Gasteiger partial charge in [-0.2, -0.15) is 21.8 Å². The summed E-state index contributed by atoms with van der Waals surface area (Å²) < 4.78 is 91.6. The second-order valence-corrected chi connectivity index (χ2v) is 9.57. The lowest BCUT2D eigenvalue weighted by Gasteiger charge is -2.22. The Morgan fingerprint density at radius 3 is 1.36 bits per heavy atom. The van der Waals surface area contributed by atoms with Crippen LogP contribution in [-0.2, 0) is 20.0 Å². The number of carbonyl (C=O) groups is 1. The average Bonchev–Trinajstić information content (AvgIpc) is 2.61. The summed E-state index contributed by atoms with van der Waals surface area (Å²) in [5.41, 5.74) is -1.05. The molecule has 0 saturated heterocycles. The summed E-state index contributed by atoms with van der Waals surface area (Å²) in [5, 5.41) is 0. The topological polar surface area (TPSA) is 91.8 Å². The first-order chi connectivity index (χ1) is 12.8. The summed E-state index contributed by atoms with van der Waals surface area (Å²) in [6.45, 7) is 6.20. The Morgan fingerprint density at radius 2 is 1.11 bits per heavy atom. The predicted molar refractivity (Wildman–Crippen MR) is 97.0 cm³/mol. The van der Waals surface area contributed by atoms with Crippen LogP contribution in [0.25, 0.3) is 0 Å². The van der Waals surface area contributed by atoms with E-state index in [1.807, 2.05) is 0 Å². The van der Waals surface area contributed by atoms with Crippen molar-refractivity contribution in [1.29, 1.82) is 0 Å². The van der Waals surface area contributed by atoms with Crippen molar-refractivity contribution in [3.8, 4) is 0 Å². The quantitative estimate of drug-likeness (QED) is 0.546. The summed E-state index contributed by atoms with van der Waals surface area (Å²) in [6.07, 6.45) is -5.28. The summed E-state index contributed by atoms with van der Waals surface area (Å²) in [5.74, 6) is -2.32. The normalized spacial score (nSPS) is 13.3. The lowest BCUT2D eigenvalue weighted by atomic mass is 10.1. The molecular formula is C16H23F3N2O5S2. The molecule has 0 fully saturated rings. The number of rotatable bonds is 9. The van der Waals surface area contributed by atoms with Gasteiger partial charge in [0, 0.05) is 31.7 Å². The van der Waals surface area contributed by atoms with E-state index in [0.717, 1.165) is 14.7 Å². The van der Waals surface area contributed by atoms with Gasteiger partial charge >= 0.3 is 6.18 Å². The number of Topliss-reactive ketones (excluding diaryl/α,β-unsaturated/α-hetero) is 1. The molecule has 0 saturated carbocycles. The molecule has 160 valence electrons. The van der Waals surface area contributed by atoms with Crippen LogP contribution in [0.5, 0.6) is 0 Å². The lowest BCUT2D eigenvalue weighted by Crippen LogP contribution is -2.33. The van der Waals surface area contributed by atoms with Crippen molar-refractivity contribution >= 4 is 25.8 Å². The van der Waals surface area contributed by atoms with E-state index in [0.29, 0.717) is 12.1 Å². The monoisotopic (exact) mass is 444 g/mol. The Balaban J connectivity index is 3.84. The van der Waals surface area contributed by atoms with E-state index in [9.17, 15) is 34.8 Å². The van der Waals surface area contributed by atoms with E-state index >= 15 is 0 Å². The van der Waals surface area contributed by atoms with Crippen molar-refractivity contribution in [2.45, 2.75) is 43.7 Å². The Morgan fingerprint density at radius 1 is 0.786 bits per heavy atom. The van der Waals surface area contributed by atoms with Gasteiger partial charge in [0.15, 0.2) is 0 Å². The molecule has 0 bridgehead atoms. The number of alkyl halides is 3. The zero-order valence-corrected chi connectivity index (χ0v) is 17.6. The molecule has 0 N–H and O–H groups in total. The zero-order chi connectivity index (χ0) is 21.9. The fourth-order valence-corrected chi connectivity index (χ4v) is 5.72. The number of halogens is 3. The smallest absolute Gasteiger partial charge is 0.284 e. The Hall–Kier alpha value is -1.50. The number of hydrogen-bond donors (Lipinski definition) is 0. The minimum atomic E-state index is -5.28. The van der Waals surface area contributed by atoms with Gasteiger partial charge in [-0.15, -0.1) is 0 Å². The van der Waals surface area contributed by atoms with Crippen LogP contribution in [0.1, 0.15) is 38.1 Å². The number of hydrogen-bond acceptors (Lipinski definition) is 5. The highest BCUT2D eigenvalue weighted by Crippen LogP contribution is 2.28. The highest BCUT2D eigenvalue weighted by atomic mass is 32.2. The third kappa shape index (κ3) is 4.91. The Labute approximate surface area is 163 Å².